The number of ether oxygens (including phenoxy) is 1. The highest BCUT2D eigenvalue weighted by molar-refractivity contribution is 7.89. The van der Waals surface area contributed by atoms with Gasteiger partial charge < -0.3 is 9.64 Å². The van der Waals surface area contributed by atoms with Crippen molar-refractivity contribution in [3.8, 4) is 5.75 Å². The van der Waals surface area contributed by atoms with E-state index in [0.717, 1.165) is 25.7 Å². The fraction of sp³-hybridized carbons (Fsp3) is 0.611. The molecular formula is C18H28N2O4S. The first-order valence-corrected chi connectivity index (χ1v) is 10.3. The van der Waals surface area contributed by atoms with E-state index < -0.39 is 10.0 Å². The van der Waals surface area contributed by atoms with Crippen molar-refractivity contribution in [2.24, 2.45) is 0 Å². The van der Waals surface area contributed by atoms with Crippen LogP contribution in [0.4, 0.5) is 0 Å². The molecule has 0 spiro atoms. The molecule has 1 aliphatic carbocycles. The van der Waals surface area contributed by atoms with Crippen LogP contribution in [0.1, 0.15) is 56.8 Å². The van der Waals surface area contributed by atoms with Crippen molar-refractivity contribution in [1.82, 2.24) is 9.62 Å². The van der Waals surface area contributed by atoms with Gasteiger partial charge in [-0.15, -0.1) is 0 Å². The lowest BCUT2D eigenvalue weighted by Crippen LogP contribution is -2.38. The number of nitrogens with one attached hydrogen (secondary N) is 1. The second kappa shape index (κ2) is 8.19. The number of carbonyl (C=O) groups excluding carboxylic acids is 1. The quantitative estimate of drug-likeness (QED) is 0.803. The summed E-state index contributed by atoms with van der Waals surface area (Å²) in [4.78, 5) is 14.8. The normalized spacial score (nSPS) is 15.6. The van der Waals surface area contributed by atoms with Crippen LogP contribution in [0.25, 0.3) is 0 Å². The van der Waals surface area contributed by atoms with Gasteiger partial charge in [0.15, 0.2) is 0 Å². The molecule has 1 saturated carbocycles. The number of sulfonamides is 1. The molecule has 7 heteroatoms. The van der Waals surface area contributed by atoms with Crippen LogP contribution in [0.5, 0.6) is 5.75 Å². The Kier molecular flexibility index (Phi) is 6.46. The number of amides is 1. The second-order valence-corrected chi connectivity index (χ2v) is 8.35. The van der Waals surface area contributed by atoms with Crippen LogP contribution in [-0.4, -0.2) is 45.0 Å². The number of carbonyl (C=O) groups is 1. The Labute approximate surface area is 150 Å². The van der Waals surface area contributed by atoms with E-state index in [1.807, 2.05) is 11.8 Å². The van der Waals surface area contributed by atoms with Gasteiger partial charge in [0.1, 0.15) is 10.6 Å². The van der Waals surface area contributed by atoms with Gasteiger partial charge in [-0.1, -0.05) is 12.8 Å². The Balaban J connectivity index is 2.39. The Morgan fingerprint density at radius 3 is 2.48 bits per heavy atom. The van der Waals surface area contributed by atoms with E-state index in [2.05, 4.69) is 4.72 Å². The van der Waals surface area contributed by atoms with Gasteiger partial charge >= 0.3 is 0 Å². The molecule has 0 heterocycles. The number of hydrogen-bond acceptors (Lipinski definition) is 4. The summed E-state index contributed by atoms with van der Waals surface area (Å²) in [7, 11) is -2.34. The Bertz CT molecular complexity index is 710. The lowest BCUT2D eigenvalue weighted by atomic mass is 10.1. The molecule has 1 aromatic carbocycles. The van der Waals surface area contributed by atoms with Crippen LogP contribution >= 0.6 is 0 Å². The van der Waals surface area contributed by atoms with E-state index in [4.69, 9.17) is 4.74 Å². The van der Waals surface area contributed by atoms with E-state index in [1.165, 1.54) is 13.2 Å². The van der Waals surface area contributed by atoms with Crippen molar-refractivity contribution >= 4 is 15.9 Å². The summed E-state index contributed by atoms with van der Waals surface area (Å²) in [5.74, 6) is 0.103. The highest BCUT2D eigenvalue weighted by Crippen LogP contribution is 2.28. The SMILES string of the molecule is CCN(C(=O)c1ccc(OC)c(S(=O)(=O)NC(C)C)c1)C1CCCC1. The monoisotopic (exact) mass is 368 g/mol. The van der Waals surface area contributed by atoms with Gasteiger partial charge in [-0.05, 0) is 51.8 Å². The van der Waals surface area contributed by atoms with Crippen molar-refractivity contribution < 1.29 is 17.9 Å². The van der Waals surface area contributed by atoms with Crippen LogP contribution in [0.2, 0.25) is 0 Å². The molecule has 140 valence electrons. The molecule has 1 fully saturated rings. The van der Waals surface area contributed by atoms with Gasteiger partial charge in [0.05, 0.1) is 7.11 Å². The molecule has 0 atom stereocenters. The van der Waals surface area contributed by atoms with E-state index in [-0.39, 0.29) is 28.6 Å². The van der Waals surface area contributed by atoms with E-state index in [9.17, 15) is 13.2 Å². The lowest BCUT2D eigenvalue weighted by Gasteiger charge is -2.28. The van der Waals surface area contributed by atoms with E-state index in [0.29, 0.717) is 12.1 Å². The minimum atomic E-state index is -3.76. The molecule has 0 bridgehead atoms. The van der Waals surface area contributed by atoms with Crippen LogP contribution < -0.4 is 9.46 Å². The topological polar surface area (TPSA) is 75.7 Å². The van der Waals surface area contributed by atoms with Gasteiger partial charge in [-0.3, -0.25) is 4.79 Å². The lowest BCUT2D eigenvalue weighted by molar-refractivity contribution is 0.0693. The summed E-state index contributed by atoms with van der Waals surface area (Å²) < 4.78 is 32.9. The summed E-state index contributed by atoms with van der Waals surface area (Å²) in [6.07, 6.45) is 4.29. The molecule has 1 aromatic rings. The summed E-state index contributed by atoms with van der Waals surface area (Å²) >= 11 is 0. The van der Waals surface area contributed by atoms with E-state index >= 15 is 0 Å². The summed E-state index contributed by atoms with van der Waals surface area (Å²) in [5, 5.41) is 0. The van der Waals surface area contributed by atoms with Gasteiger partial charge in [0.2, 0.25) is 10.0 Å². The zero-order chi connectivity index (χ0) is 18.6. The van der Waals surface area contributed by atoms with Crippen molar-refractivity contribution in [2.75, 3.05) is 13.7 Å². The predicted molar refractivity (Wildman–Crippen MR) is 97.4 cm³/mol. The summed E-state index contributed by atoms with van der Waals surface area (Å²) in [5.41, 5.74) is 0.374. The summed E-state index contributed by atoms with van der Waals surface area (Å²) in [6, 6.07) is 4.59. The van der Waals surface area contributed by atoms with Gasteiger partial charge in [-0.2, -0.15) is 0 Å². The number of benzene rings is 1. The number of methoxy groups -OCH3 is 1. The third kappa shape index (κ3) is 4.52. The first kappa shape index (κ1) is 19.7. The molecule has 0 saturated heterocycles. The van der Waals surface area contributed by atoms with Crippen LogP contribution in [0.15, 0.2) is 23.1 Å². The minimum Gasteiger partial charge on any atom is -0.495 e. The molecule has 25 heavy (non-hydrogen) atoms. The van der Waals surface area contributed by atoms with Crippen molar-refractivity contribution in [3.63, 3.8) is 0 Å². The van der Waals surface area contributed by atoms with Gasteiger partial charge in [0, 0.05) is 24.2 Å². The fourth-order valence-electron chi connectivity index (χ4n) is 3.34. The van der Waals surface area contributed by atoms with Crippen LogP contribution in [0.3, 0.4) is 0 Å². The molecule has 0 aliphatic heterocycles. The van der Waals surface area contributed by atoms with Crippen molar-refractivity contribution in [3.05, 3.63) is 23.8 Å². The molecule has 0 radical (unpaired) electrons. The molecule has 0 unspecified atom stereocenters. The largest absolute Gasteiger partial charge is 0.495 e. The third-order valence-corrected chi connectivity index (χ3v) is 6.14. The zero-order valence-electron chi connectivity index (χ0n) is 15.4. The maximum atomic E-state index is 12.9. The molecule has 1 N–H and O–H groups in total. The average molecular weight is 368 g/mol. The molecule has 0 aromatic heterocycles. The molecule has 6 nitrogen and oxygen atoms in total. The Hall–Kier alpha value is -1.60. The Morgan fingerprint density at radius 2 is 1.96 bits per heavy atom. The smallest absolute Gasteiger partial charge is 0.254 e. The molecule has 1 amide bonds. The van der Waals surface area contributed by atoms with Crippen LogP contribution in [0, 0.1) is 0 Å². The molecule has 2 rings (SSSR count). The standard InChI is InChI=1S/C18H28N2O4S/c1-5-20(15-8-6-7-9-15)18(21)14-10-11-16(24-4)17(12-14)25(22,23)19-13(2)3/h10-13,15,19H,5-9H2,1-4H3. The second-order valence-electron chi connectivity index (χ2n) is 6.67. The highest BCUT2D eigenvalue weighted by Gasteiger charge is 2.28. The molecule has 1 aliphatic rings. The van der Waals surface area contributed by atoms with Crippen molar-refractivity contribution in [1.29, 1.82) is 0 Å². The number of nitrogens with zero attached hydrogens (tertiary/aromatic N) is 1. The third-order valence-electron chi connectivity index (χ3n) is 4.46. The highest BCUT2D eigenvalue weighted by atomic mass is 32.2. The Morgan fingerprint density at radius 1 is 1.32 bits per heavy atom. The minimum absolute atomic E-state index is 0.00275. The number of hydrogen-bond donors (Lipinski definition) is 1. The van der Waals surface area contributed by atoms with Crippen LogP contribution in [-0.2, 0) is 10.0 Å². The first-order valence-electron chi connectivity index (χ1n) is 8.81. The fourth-order valence-corrected chi connectivity index (χ4v) is 4.79. The maximum Gasteiger partial charge on any atom is 0.254 e. The molecular weight excluding hydrogens is 340 g/mol. The maximum absolute atomic E-state index is 12.9. The van der Waals surface area contributed by atoms with Gasteiger partial charge in [0.25, 0.3) is 5.91 Å². The average Bonchev–Trinajstić information content (AvgIpc) is 3.08. The van der Waals surface area contributed by atoms with Gasteiger partial charge in [-0.25, -0.2) is 13.1 Å². The zero-order valence-corrected chi connectivity index (χ0v) is 16.2. The number of rotatable bonds is 7. The summed E-state index contributed by atoms with van der Waals surface area (Å²) in [6.45, 7) is 6.06. The first-order chi connectivity index (χ1) is 11.8. The van der Waals surface area contributed by atoms with Crippen molar-refractivity contribution in [2.45, 2.75) is 63.4 Å². The van der Waals surface area contributed by atoms with E-state index in [1.54, 1.807) is 26.0 Å². The predicted octanol–water partition coefficient (Wildman–Crippen LogP) is 2.79.